The predicted molar refractivity (Wildman–Crippen MR) is 95.3 cm³/mol. The molecule has 5 heteroatoms. The van der Waals surface area contributed by atoms with Gasteiger partial charge in [0.05, 0.1) is 0 Å². The van der Waals surface area contributed by atoms with Crippen LogP contribution in [0.5, 0.6) is 0 Å². The maximum atomic E-state index is 12.9. The third-order valence-electron chi connectivity index (χ3n) is 5.40. The van der Waals surface area contributed by atoms with Gasteiger partial charge in [-0.1, -0.05) is 42.4 Å². The Morgan fingerprint density at radius 2 is 1.96 bits per heavy atom. The highest BCUT2D eigenvalue weighted by Gasteiger charge is 2.30. The molecule has 1 amide bonds. The molecule has 0 saturated carbocycles. The van der Waals surface area contributed by atoms with Gasteiger partial charge in [-0.2, -0.15) is 0 Å². The van der Waals surface area contributed by atoms with E-state index in [-0.39, 0.29) is 5.91 Å². The lowest BCUT2D eigenvalue weighted by atomic mass is 9.88. The summed E-state index contributed by atoms with van der Waals surface area (Å²) >= 11 is 0. The van der Waals surface area contributed by atoms with Crippen LogP contribution < -0.4 is 0 Å². The first-order valence-electron chi connectivity index (χ1n) is 9.23. The largest absolute Gasteiger partial charge is 0.360 e. The number of carbonyl (C=O) groups excluding carboxylic acids is 1. The van der Waals surface area contributed by atoms with Crippen LogP contribution >= 0.6 is 0 Å². The van der Waals surface area contributed by atoms with Gasteiger partial charge < -0.3 is 9.42 Å². The third kappa shape index (κ3) is 3.47. The fraction of sp³-hybridized carbons (Fsp3) is 0.500. The van der Waals surface area contributed by atoms with Gasteiger partial charge in [-0.3, -0.25) is 9.69 Å². The lowest BCUT2D eigenvalue weighted by Gasteiger charge is -2.34. The number of aromatic nitrogens is 1. The lowest BCUT2D eigenvalue weighted by Crippen LogP contribution is -2.48. The number of benzene rings is 1. The Balaban J connectivity index is 1.38. The summed E-state index contributed by atoms with van der Waals surface area (Å²) in [6.45, 7) is 6.48. The Morgan fingerprint density at radius 1 is 1.20 bits per heavy atom. The highest BCUT2D eigenvalue weighted by Crippen LogP contribution is 2.28. The van der Waals surface area contributed by atoms with Crippen LogP contribution in [0.3, 0.4) is 0 Å². The summed E-state index contributed by atoms with van der Waals surface area (Å²) in [5, 5.41) is 4.11. The molecule has 0 radical (unpaired) electrons. The second kappa shape index (κ2) is 7.00. The van der Waals surface area contributed by atoms with Crippen LogP contribution in [0.2, 0.25) is 0 Å². The average molecular weight is 339 g/mol. The van der Waals surface area contributed by atoms with Gasteiger partial charge in [-0.05, 0) is 24.3 Å². The highest BCUT2D eigenvalue weighted by atomic mass is 16.5. The van der Waals surface area contributed by atoms with Crippen molar-refractivity contribution >= 4 is 5.91 Å². The monoisotopic (exact) mass is 339 g/mol. The van der Waals surface area contributed by atoms with Crippen molar-refractivity contribution in [2.45, 2.75) is 32.7 Å². The zero-order valence-corrected chi connectivity index (χ0v) is 14.8. The van der Waals surface area contributed by atoms with Crippen molar-refractivity contribution in [1.82, 2.24) is 15.0 Å². The van der Waals surface area contributed by atoms with Gasteiger partial charge in [0.1, 0.15) is 5.76 Å². The van der Waals surface area contributed by atoms with E-state index in [9.17, 15) is 4.79 Å². The van der Waals surface area contributed by atoms with Crippen LogP contribution in [0.4, 0.5) is 0 Å². The Labute approximate surface area is 148 Å². The second-order valence-electron chi connectivity index (χ2n) is 7.33. The molecular weight excluding hydrogens is 314 g/mol. The smallest absolute Gasteiger partial charge is 0.276 e. The molecule has 25 heavy (non-hydrogen) atoms. The van der Waals surface area contributed by atoms with Gasteiger partial charge in [0.2, 0.25) is 0 Å². The Morgan fingerprint density at radius 3 is 2.72 bits per heavy atom. The van der Waals surface area contributed by atoms with Crippen LogP contribution in [-0.4, -0.2) is 47.0 Å². The van der Waals surface area contributed by atoms with E-state index in [1.54, 1.807) is 0 Å². The highest BCUT2D eigenvalue weighted by molar-refractivity contribution is 5.94. The first-order valence-corrected chi connectivity index (χ1v) is 9.23. The summed E-state index contributed by atoms with van der Waals surface area (Å²) in [6.07, 6.45) is 2.93. The van der Waals surface area contributed by atoms with E-state index in [1.807, 2.05) is 11.0 Å². The Bertz CT molecular complexity index is 733. The minimum absolute atomic E-state index is 0.0402. The van der Waals surface area contributed by atoms with Crippen molar-refractivity contribution in [1.29, 1.82) is 0 Å². The summed E-state index contributed by atoms with van der Waals surface area (Å²) in [6, 6.07) is 10.5. The number of hydrogen-bond donors (Lipinski definition) is 0. The maximum absolute atomic E-state index is 12.9. The molecule has 0 N–H and O–H groups in total. The van der Waals surface area contributed by atoms with Gasteiger partial charge in [0.25, 0.3) is 5.91 Å². The van der Waals surface area contributed by atoms with E-state index in [1.165, 1.54) is 5.56 Å². The first kappa shape index (κ1) is 16.3. The van der Waals surface area contributed by atoms with Gasteiger partial charge in [-0.15, -0.1) is 0 Å². The molecule has 0 unspecified atom stereocenters. The Kier molecular flexibility index (Phi) is 4.57. The maximum Gasteiger partial charge on any atom is 0.276 e. The summed E-state index contributed by atoms with van der Waals surface area (Å²) in [7, 11) is 0. The number of amides is 1. The number of hydrogen-bond acceptors (Lipinski definition) is 4. The van der Waals surface area contributed by atoms with Crippen LogP contribution in [0.25, 0.3) is 0 Å². The van der Waals surface area contributed by atoms with E-state index < -0.39 is 0 Å². The van der Waals surface area contributed by atoms with Crippen LogP contribution in [0.1, 0.15) is 40.7 Å². The van der Waals surface area contributed by atoms with Crippen LogP contribution in [-0.2, 0) is 19.4 Å². The molecule has 5 nitrogen and oxygen atoms in total. The van der Waals surface area contributed by atoms with Crippen LogP contribution in [0, 0.1) is 5.92 Å². The molecular formula is C20H25N3O2. The number of nitrogens with zero attached hydrogens (tertiary/aromatic N) is 3. The van der Waals surface area contributed by atoms with Gasteiger partial charge >= 0.3 is 0 Å². The lowest BCUT2D eigenvalue weighted by molar-refractivity contribution is 0.0617. The number of aryl methyl sites for hydroxylation is 1. The normalized spacial score (nSPS) is 21.2. The van der Waals surface area contributed by atoms with Crippen molar-refractivity contribution < 1.29 is 9.32 Å². The first-order chi connectivity index (χ1) is 12.2. The molecule has 2 aromatic rings. The molecule has 1 saturated heterocycles. The van der Waals surface area contributed by atoms with Crippen molar-refractivity contribution in [2.75, 3.05) is 26.2 Å². The van der Waals surface area contributed by atoms with E-state index in [0.717, 1.165) is 63.3 Å². The van der Waals surface area contributed by atoms with Crippen molar-refractivity contribution in [3.8, 4) is 0 Å². The topological polar surface area (TPSA) is 49.6 Å². The molecule has 0 bridgehead atoms. The zero-order valence-electron chi connectivity index (χ0n) is 14.8. The number of piperazine rings is 1. The minimum atomic E-state index is 0.0402. The molecule has 4 rings (SSSR count). The number of rotatable bonds is 3. The predicted octanol–water partition coefficient (Wildman–Crippen LogP) is 2.76. The average Bonchev–Trinajstić information content (AvgIpc) is 3.05. The molecule has 2 aliphatic rings. The summed E-state index contributed by atoms with van der Waals surface area (Å²) in [4.78, 5) is 17.2. The Hall–Kier alpha value is -2.14. The number of fused-ring (bicyclic) bond motifs is 1. The molecule has 1 atom stereocenters. The van der Waals surface area contributed by atoms with E-state index >= 15 is 0 Å². The summed E-state index contributed by atoms with van der Waals surface area (Å²) in [5.41, 5.74) is 2.93. The minimum Gasteiger partial charge on any atom is -0.360 e. The van der Waals surface area contributed by atoms with E-state index in [0.29, 0.717) is 11.6 Å². The molecule has 1 aromatic heterocycles. The fourth-order valence-corrected chi connectivity index (χ4v) is 3.85. The molecule has 1 aromatic carbocycles. The van der Waals surface area contributed by atoms with E-state index in [4.69, 9.17) is 4.52 Å². The molecule has 1 fully saturated rings. The third-order valence-corrected chi connectivity index (χ3v) is 5.40. The molecule has 132 valence electrons. The van der Waals surface area contributed by atoms with Gasteiger partial charge in [-0.25, -0.2) is 0 Å². The van der Waals surface area contributed by atoms with Crippen LogP contribution in [0.15, 0.2) is 34.9 Å². The van der Waals surface area contributed by atoms with Gasteiger partial charge in [0.15, 0.2) is 5.69 Å². The molecule has 2 heterocycles. The second-order valence-corrected chi connectivity index (χ2v) is 7.33. The molecule has 1 aliphatic heterocycles. The fourth-order valence-electron chi connectivity index (χ4n) is 3.85. The molecule has 1 aliphatic carbocycles. The van der Waals surface area contributed by atoms with Gasteiger partial charge in [0, 0.05) is 44.7 Å². The summed E-state index contributed by atoms with van der Waals surface area (Å²) in [5.74, 6) is 1.56. The quantitative estimate of drug-likeness (QED) is 0.863. The SMILES string of the molecule is C[C@H]1CCc2onc(C(=O)N3CCN(Cc4ccccc4)CC3)c2C1. The van der Waals surface area contributed by atoms with Crippen molar-refractivity contribution in [2.24, 2.45) is 5.92 Å². The zero-order chi connectivity index (χ0) is 17.2. The van der Waals surface area contributed by atoms with E-state index in [2.05, 4.69) is 41.2 Å². The summed E-state index contributed by atoms with van der Waals surface area (Å²) < 4.78 is 5.44. The van der Waals surface area contributed by atoms with Crippen molar-refractivity contribution in [3.63, 3.8) is 0 Å². The standard InChI is InChI=1S/C20H25N3O2/c1-15-7-8-18-17(13-15)19(21-25-18)20(24)23-11-9-22(10-12-23)14-16-5-3-2-4-6-16/h2-6,15H,7-14H2,1H3/t15-/m0/s1. The van der Waals surface area contributed by atoms with Crippen molar-refractivity contribution in [3.05, 3.63) is 52.9 Å². The molecule has 0 spiro atoms. The number of carbonyl (C=O) groups is 1.